The second-order valence-electron chi connectivity index (χ2n) is 5.57. The molecule has 0 aliphatic carbocycles. The smallest absolute Gasteiger partial charge is 0.252 e. The minimum atomic E-state index is 0.152. The van der Waals surface area contributed by atoms with Gasteiger partial charge in [-0.1, -0.05) is 35.5 Å². The second-order valence-corrected chi connectivity index (χ2v) is 5.57. The van der Waals surface area contributed by atoms with Crippen molar-refractivity contribution in [2.45, 2.75) is 26.0 Å². The van der Waals surface area contributed by atoms with Crippen molar-refractivity contribution >= 4 is 5.91 Å². The van der Waals surface area contributed by atoms with Gasteiger partial charge in [0.2, 0.25) is 5.91 Å². The van der Waals surface area contributed by atoms with Crippen LogP contribution in [0.25, 0.3) is 0 Å². The van der Waals surface area contributed by atoms with Crippen LogP contribution in [0.4, 0.5) is 0 Å². The van der Waals surface area contributed by atoms with Crippen LogP contribution in [0, 0.1) is 5.92 Å². The fraction of sp³-hybridized carbons (Fsp3) is 0.438. The fourth-order valence-corrected chi connectivity index (χ4v) is 2.80. The van der Waals surface area contributed by atoms with E-state index in [1.807, 2.05) is 18.2 Å². The van der Waals surface area contributed by atoms with Crippen LogP contribution in [-0.2, 0) is 29.1 Å². The molecule has 22 heavy (non-hydrogen) atoms. The summed E-state index contributed by atoms with van der Waals surface area (Å²) in [6, 6.07) is 10.3. The van der Waals surface area contributed by atoms with Gasteiger partial charge in [-0.15, -0.1) is 0 Å². The lowest BCUT2D eigenvalue weighted by Gasteiger charge is -2.14. The van der Waals surface area contributed by atoms with Crippen molar-refractivity contribution in [3.05, 3.63) is 47.6 Å². The summed E-state index contributed by atoms with van der Waals surface area (Å²) in [6.07, 6.45) is 1.50. The summed E-state index contributed by atoms with van der Waals surface area (Å²) in [5.74, 6) is 1.46. The molecule has 0 spiro atoms. The Morgan fingerprint density at radius 2 is 2.18 bits per heavy atom. The molecule has 1 atom stereocenters. The monoisotopic (exact) mass is 301 g/mol. The van der Waals surface area contributed by atoms with Crippen molar-refractivity contribution in [3.8, 4) is 0 Å². The molecule has 1 aromatic heterocycles. The molecule has 0 bridgehead atoms. The molecule has 1 aliphatic rings. The molecule has 6 heteroatoms. The number of rotatable bonds is 6. The molecule has 0 radical (unpaired) electrons. The van der Waals surface area contributed by atoms with Gasteiger partial charge in [-0.05, 0) is 17.9 Å². The van der Waals surface area contributed by atoms with Gasteiger partial charge in [-0.25, -0.2) is 0 Å². The molecule has 1 saturated heterocycles. The Hall–Kier alpha value is -2.21. The highest BCUT2D eigenvalue weighted by molar-refractivity contribution is 5.78. The van der Waals surface area contributed by atoms with Gasteiger partial charge >= 0.3 is 0 Å². The van der Waals surface area contributed by atoms with E-state index in [9.17, 15) is 4.79 Å². The van der Waals surface area contributed by atoms with Crippen LogP contribution in [0.15, 0.2) is 34.9 Å². The summed E-state index contributed by atoms with van der Waals surface area (Å²) >= 11 is 0. The first-order chi connectivity index (χ1) is 10.7. The number of benzene rings is 1. The van der Waals surface area contributed by atoms with E-state index >= 15 is 0 Å². The van der Waals surface area contributed by atoms with Crippen LogP contribution in [0.1, 0.15) is 23.7 Å². The quantitative estimate of drug-likeness (QED) is 0.814. The standard InChI is InChI=1S/C16H19N3O3/c1-21-11-15-17-14(18-22-15)10-19-9-13(8-16(19)20)7-12-5-3-2-4-6-12/h2-6,13H,7-11H2,1H3/t13-/m0/s1. The third-order valence-electron chi connectivity index (χ3n) is 3.77. The first-order valence-corrected chi connectivity index (χ1v) is 7.36. The summed E-state index contributed by atoms with van der Waals surface area (Å²) in [4.78, 5) is 18.1. The maximum Gasteiger partial charge on any atom is 0.252 e. The molecule has 0 unspecified atom stereocenters. The molecule has 6 nitrogen and oxygen atoms in total. The first-order valence-electron chi connectivity index (χ1n) is 7.36. The maximum absolute atomic E-state index is 12.1. The molecule has 3 rings (SSSR count). The number of hydrogen-bond acceptors (Lipinski definition) is 5. The molecule has 0 saturated carbocycles. The Balaban J connectivity index is 1.57. The van der Waals surface area contributed by atoms with Gasteiger partial charge in [-0.2, -0.15) is 4.98 Å². The largest absolute Gasteiger partial charge is 0.375 e. The number of hydrogen-bond donors (Lipinski definition) is 0. The summed E-state index contributed by atoms with van der Waals surface area (Å²) in [7, 11) is 1.57. The molecule has 116 valence electrons. The lowest BCUT2D eigenvalue weighted by atomic mass is 9.99. The van der Waals surface area contributed by atoms with E-state index < -0.39 is 0 Å². The second kappa shape index (κ2) is 6.70. The van der Waals surface area contributed by atoms with E-state index in [2.05, 4.69) is 22.3 Å². The van der Waals surface area contributed by atoms with Gasteiger partial charge in [0, 0.05) is 20.1 Å². The number of likely N-dealkylation sites (tertiary alicyclic amines) is 1. The zero-order chi connectivity index (χ0) is 15.4. The highest BCUT2D eigenvalue weighted by Gasteiger charge is 2.30. The number of carbonyl (C=O) groups excluding carboxylic acids is 1. The van der Waals surface area contributed by atoms with E-state index in [-0.39, 0.29) is 12.5 Å². The molecule has 1 aromatic carbocycles. The molecule has 1 fully saturated rings. The van der Waals surface area contributed by atoms with Crippen LogP contribution in [0.2, 0.25) is 0 Å². The fourth-order valence-electron chi connectivity index (χ4n) is 2.80. The minimum absolute atomic E-state index is 0.152. The van der Waals surface area contributed by atoms with E-state index in [0.29, 0.717) is 30.6 Å². The predicted molar refractivity (Wildman–Crippen MR) is 78.7 cm³/mol. The number of methoxy groups -OCH3 is 1. The Bertz CT molecular complexity index is 627. The molecular formula is C16H19N3O3. The average Bonchev–Trinajstić information content (AvgIpc) is 3.08. The van der Waals surface area contributed by atoms with Crippen molar-refractivity contribution in [2.75, 3.05) is 13.7 Å². The van der Waals surface area contributed by atoms with Crippen LogP contribution in [0.3, 0.4) is 0 Å². The molecule has 2 heterocycles. The van der Waals surface area contributed by atoms with Crippen LogP contribution in [0.5, 0.6) is 0 Å². The number of amides is 1. The Morgan fingerprint density at radius 1 is 1.36 bits per heavy atom. The van der Waals surface area contributed by atoms with Crippen LogP contribution in [-0.4, -0.2) is 34.6 Å². The maximum atomic E-state index is 12.1. The van der Waals surface area contributed by atoms with Gasteiger partial charge in [0.15, 0.2) is 5.82 Å². The summed E-state index contributed by atoms with van der Waals surface area (Å²) in [5, 5.41) is 3.88. The first kappa shape index (κ1) is 14.7. The Labute approximate surface area is 129 Å². The highest BCUT2D eigenvalue weighted by atomic mass is 16.5. The van der Waals surface area contributed by atoms with E-state index in [4.69, 9.17) is 9.26 Å². The van der Waals surface area contributed by atoms with Crippen molar-refractivity contribution < 1.29 is 14.1 Å². The zero-order valence-electron chi connectivity index (χ0n) is 12.6. The van der Waals surface area contributed by atoms with Crippen molar-refractivity contribution in [1.82, 2.24) is 15.0 Å². The van der Waals surface area contributed by atoms with Gasteiger partial charge in [0.05, 0.1) is 6.54 Å². The summed E-state index contributed by atoms with van der Waals surface area (Å²) < 4.78 is 9.99. The molecular weight excluding hydrogens is 282 g/mol. The average molecular weight is 301 g/mol. The van der Waals surface area contributed by atoms with E-state index in [0.717, 1.165) is 13.0 Å². The van der Waals surface area contributed by atoms with E-state index in [1.54, 1.807) is 12.0 Å². The number of ether oxygens (including phenoxy) is 1. The normalized spacial score (nSPS) is 18.1. The lowest BCUT2D eigenvalue weighted by Crippen LogP contribution is -2.25. The van der Waals surface area contributed by atoms with Crippen LogP contribution >= 0.6 is 0 Å². The number of aromatic nitrogens is 2. The Morgan fingerprint density at radius 3 is 2.95 bits per heavy atom. The molecule has 2 aromatic rings. The van der Waals surface area contributed by atoms with Gasteiger partial charge in [0.1, 0.15) is 6.61 Å². The molecule has 0 N–H and O–H groups in total. The van der Waals surface area contributed by atoms with E-state index in [1.165, 1.54) is 5.56 Å². The Kier molecular flexibility index (Phi) is 4.48. The minimum Gasteiger partial charge on any atom is -0.375 e. The van der Waals surface area contributed by atoms with Crippen molar-refractivity contribution in [3.63, 3.8) is 0 Å². The summed E-state index contributed by atoms with van der Waals surface area (Å²) in [6.45, 7) is 1.43. The third kappa shape index (κ3) is 3.51. The number of nitrogens with zero attached hydrogens (tertiary/aromatic N) is 3. The van der Waals surface area contributed by atoms with Crippen molar-refractivity contribution in [2.24, 2.45) is 5.92 Å². The van der Waals surface area contributed by atoms with Crippen LogP contribution < -0.4 is 0 Å². The predicted octanol–water partition coefficient (Wildman–Crippen LogP) is 1.81. The van der Waals surface area contributed by atoms with Gasteiger partial charge < -0.3 is 14.2 Å². The number of carbonyl (C=O) groups is 1. The van der Waals surface area contributed by atoms with Gasteiger partial charge in [0.25, 0.3) is 5.89 Å². The molecule has 1 aliphatic heterocycles. The SMILES string of the molecule is COCc1nc(CN2C[C@@H](Cc3ccccc3)CC2=O)no1. The zero-order valence-corrected chi connectivity index (χ0v) is 12.6. The topological polar surface area (TPSA) is 68.5 Å². The highest BCUT2D eigenvalue weighted by Crippen LogP contribution is 2.23. The lowest BCUT2D eigenvalue weighted by molar-refractivity contribution is -0.128. The molecule has 1 amide bonds. The van der Waals surface area contributed by atoms with Gasteiger partial charge in [-0.3, -0.25) is 4.79 Å². The third-order valence-corrected chi connectivity index (χ3v) is 3.77. The van der Waals surface area contributed by atoms with Crippen molar-refractivity contribution in [1.29, 1.82) is 0 Å². The summed E-state index contributed by atoms with van der Waals surface area (Å²) in [5.41, 5.74) is 1.27.